The van der Waals surface area contributed by atoms with Gasteiger partial charge >= 0.3 is 5.97 Å². The largest absolute Gasteiger partial charge is 0.481 e. The first kappa shape index (κ1) is 17.8. The molecule has 29 heavy (non-hydrogen) atoms. The standard InChI is InChI=1S/C21H22BN5O2/c22-14-3-1-2-13-10-15(25-16(13)14)17-18-19(23)24-8-9-27(18)20(26-17)11-4-6-12(7-5-11)21(28)29/h1-3,8-12,25H,4-7,22H2,(H2,23,24)(H,28,29)/t11-,12-. The molecular weight excluding hydrogens is 365 g/mol. The normalized spacial score (nSPS) is 19.7. The molecule has 8 heteroatoms. The van der Waals surface area contributed by atoms with Crippen LogP contribution in [0.4, 0.5) is 5.82 Å². The Morgan fingerprint density at radius 1 is 1.28 bits per heavy atom. The second-order valence-electron chi connectivity index (χ2n) is 7.96. The third-order valence-electron chi connectivity index (χ3n) is 6.17. The molecule has 0 amide bonds. The number of nitrogens with one attached hydrogen (secondary N) is 1. The maximum absolute atomic E-state index is 11.3. The smallest absolute Gasteiger partial charge is 0.306 e. The van der Waals surface area contributed by atoms with E-state index in [1.54, 1.807) is 6.20 Å². The Morgan fingerprint density at radius 2 is 2.07 bits per heavy atom. The minimum absolute atomic E-state index is 0.208. The fourth-order valence-electron chi connectivity index (χ4n) is 4.60. The van der Waals surface area contributed by atoms with Crippen molar-refractivity contribution >= 4 is 41.5 Å². The molecule has 1 aliphatic rings. The zero-order valence-corrected chi connectivity index (χ0v) is 16.2. The molecular formula is C21H22BN5O2. The van der Waals surface area contributed by atoms with Gasteiger partial charge in [-0.05, 0) is 37.1 Å². The van der Waals surface area contributed by atoms with Gasteiger partial charge in [0.1, 0.15) is 30.7 Å². The number of fused-ring (bicyclic) bond motifs is 2. The molecule has 4 N–H and O–H groups in total. The van der Waals surface area contributed by atoms with E-state index in [1.807, 2.05) is 16.7 Å². The number of rotatable bonds is 3. The summed E-state index contributed by atoms with van der Waals surface area (Å²) in [6, 6.07) is 8.30. The van der Waals surface area contributed by atoms with Crippen molar-refractivity contribution < 1.29 is 9.90 Å². The number of hydrogen-bond acceptors (Lipinski definition) is 4. The van der Waals surface area contributed by atoms with Crippen LogP contribution in [0, 0.1) is 5.92 Å². The van der Waals surface area contributed by atoms with E-state index >= 15 is 0 Å². The lowest BCUT2D eigenvalue weighted by molar-refractivity contribution is -0.142. The molecule has 0 spiro atoms. The highest BCUT2D eigenvalue weighted by Crippen LogP contribution is 2.38. The van der Waals surface area contributed by atoms with Gasteiger partial charge in [-0.25, -0.2) is 9.97 Å². The Kier molecular flexibility index (Phi) is 4.08. The van der Waals surface area contributed by atoms with Crippen molar-refractivity contribution in [3.63, 3.8) is 0 Å². The maximum atomic E-state index is 11.3. The molecule has 0 saturated heterocycles. The molecule has 0 bridgehead atoms. The lowest BCUT2D eigenvalue weighted by atomic mass is 9.81. The van der Waals surface area contributed by atoms with Gasteiger partial charge in [0.2, 0.25) is 0 Å². The molecule has 146 valence electrons. The molecule has 1 fully saturated rings. The number of nitrogens with zero attached hydrogens (tertiary/aromatic N) is 3. The van der Waals surface area contributed by atoms with Gasteiger partial charge in [-0.1, -0.05) is 23.7 Å². The highest BCUT2D eigenvalue weighted by molar-refractivity contribution is 6.38. The molecule has 0 aliphatic heterocycles. The van der Waals surface area contributed by atoms with Gasteiger partial charge in [0, 0.05) is 23.8 Å². The first-order valence-corrected chi connectivity index (χ1v) is 9.97. The summed E-state index contributed by atoms with van der Waals surface area (Å²) in [5, 5.41) is 10.4. The zero-order valence-electron chi connectivity index (χ0n) is 16.2. The number of carboxylic acids is 1. The number of H-pyrrole nitrogens is 1. The number of hydrogen-bond donors (Lipinski definition) is 3. The number of anilines is 1. The number of carbonyl (C=O) groups is 1. The van der Waals surface area contributed by atoms with Crippen molar-refractivity contribution in [3.05, 3.63) is 42.5 Å². The average Bonchev–Trinajstić information content (AvgIpc) is 3.31. The monoisotopic (exact) mass is 387 g/mol. The second kappa shape index (κ2) is 6.65. The van der Waals surface area contributed by atoms with Crippen molar-refractivity contribution in [3.8, 4) is 11.4 Å². The highest BCUT2D eigenvalue weighted by Gasteiger charge is 2.30. The van der Waals surface area contributed by atoms with E-state index < -0.39 is 5.97 Å². The van der Waals surface area contributed by atoms with E-state index in [2.05, 4.69) is 36.0 Å². The summed E-state index contributed by atoms with van der Waals surface area (Å²) in [7, 11) is 2.08. The Morgan fingerprint density at radius 3 is 2.79 bits per heavy atom. The van der Waals surface area contributed by atoms with Gasteiger partial charge < -0.3 is 15.8 Å². The summed E-state index contributed by atoms with van der Waals surface area (Å²) in [6.07, 6.45) is 6.56. The minimum Gasteiger partial charge on any atom is -0.481 e. The quantitative estimate of drug-likeness (QED) is 0.467. The van der Waals surface area contributed by atoms with E-state index in [1.165, 1.54) is 5.46 Å². The number of aromatic nitrogens is 4. The summed E-state index contributed by atoms with van der Waals surface area (Å²) in [5.74, 6) is 0.637. The molecule has 0 radical (unpaired) electrons. The lowest BCUT2D eigenvalue weighted by Crippen LogP contribution is -2.21. The molecule has 1 aromatic carbocycles. The molecule has 7 nitrogen and oxygen atoms in total. The molecule has 4 aromatic rings. The van der Waals surface area contributed by atoms with Crippen LogP contribution < -0.4 is 11.2 Å². The van der Waals surface area contributed by atoms with Gasteiger partial charge in [-0.2, -0.15) is 0 Å². The number of imidazole rings is 1. The predicted molar refractivity (Wildman–Crippen MR) is 115 cm³/mol. The Labute approximate surface area is 168 Å². The number of nitrogen functional groups attached to an aromatic ring is 1. The molecule has 0 atom stereocenters. The molecule has 3 aromatic heterocycles. The summed E-state index contributed by atoms with van der Waals surface area (Å²) in [6.45, 7) is 0. The van der Waals surface area contributed by atoms with E-state index in [-0.39, 0.29) is 11.8 Å². The number of aromatic amines is 1. The second-order valence-corrected chi connectivity index (χ2v) is 7.96. The number of nitrogens with two attached hydrogens (primary N) is 1. The van der Waals surface area contributed by atoms with Crippen molar-refractivity contribution in [2.24, 2.45) is 5.92 Å². The third-order valence-corrected chi connectivity index (χ3v) is 6.17. The van der Waals surface area contributed by atoms with Gasteiger partial charge in [0.05, 0.1) is 11.6 Å². The van der Waals surface area contributed by atoms with Crippen LogP contribution in [-0.4, -0.2) is 38.3 Å². The first-order chi connectivity index (χ1) is 14.0. The summed E-state index contributed by atoms with van der Waals surface area (Å²) in [4.78, 5) is 24.1. The van der Waals surface area contributed by atoms with Crippen molar-refractivity contribution in [1.29, 1.82) is 0 Å². The van der Waals surface area contributed by atoms with Gasteiger partial charge in [-0.15, -0.1) is 0 Å². The van der Waals surface area contributed by atoms with E-state index in [0.717, 1.165) is 46.5 Å². The van der Waals surface area contributed by atoms with E-state index in [9.17, 15) is 9.90 Å². The number of aliphatic carboxylic acids is 1. The van der Waals surface area contributed by atoms with Crippen molar-refractivity contribution in [1.82, 2.24) is 19.4 Å². The fraction of sp³-hybridized carbons (Fsp3) is 0.286. The molecule has 1 saturated carbocycles. The van der Waals surface area contributed by atoms with Crippen molar-refractivity contribution in [2.75, 3.05) is 5.73 Å². The van der Waals surface area contributed by atoms with Gasteiger partial charge in [0.25, 0.3) is 0 Å². The summed E-state index contributed by atoms with van der Waals surface area (Å²) in [5.41, 5.74) is 11.0. The molecule has 3 heterocycles. The molecule has 5 rings (SSSR count). The van der Waals surface area contributed by atoms with E-state index in [0.29, 0.717) is 18.7 Å². The summed E-state index contributed by atoms with van der Waals surface area (Å²) >= 11 is 0. The SMILES string of the molecule is Bc1cccc2cc(-c3nc([C@H]4CC[C@H](C(=O)O)CC4)n4ccnc(N)c34)[nH]c12. The Bertz CT molecular complexity index is 1240. The Balaban J connectivity index is 1.63. The highest BCUT2D eigenvalue weighted by atomic mass is 16.4. The average molecular weight is 387 g/mol. The van der Waals surface area contributed by atoms with Crippen LogP contribution in [0.15, 0.2) is 36.7 Å². The topological polar surface area (TPSA) is 109 Å². The van der Waals surface area contributed by atoms with Crippen LogP contribution >= 0.6 is 0 Å². The van der Waals surface area contributed by atoms with Crippen LogP contribution in [0.25, 0.3) is 27.8 Å². The minimum atomic E-state index is -0.695. The molecule has 1 aliphatic carbocycles. The maximum Gasteiger partial charge on any atom is 0.306 e. The van der Waals surface area contributed by atoms with Crippen LogP contribution in [0.2, 0.25) is 0 Å². The van der Waals surface area contributed by atoms with Crippen LogP contribution in [0.1, 0.15) is 37.4 Å². The van der Waals surface area contributed by atoms with Crippen LogP contribution in [0.5, 0.6) is 0 Å². The van der Waals surface area contributed by atoms with Gasteiger partial charge in [-0.3, -0.25) is 9.20 Å². The summed E-state index contributed by atoms with van der Waals surface area (Å²) < 4.78 is 2.03. The number of para-hydroxylation sites is 1. The van der Waals surface area contributed by atoms with Crippen LogP contribution in [-0.2, 0) is 4.79 Å². The van der Waals surface area contributed by atoms with E-state index in [4.69, 9.17) is 10.7 Å². The zero-order chi connectivity index (χ0) is 20.1. The number of carboxylic acid groups (broad SMARTS) is 1. The van der Waals surface area contributed by atoms with Crippen molar-refractivity contribution in [2.45, 2.75) is 31.6 Å². The lowest BCUT2D eigenvalue weighted by Gasteiger charge is -2.25. The fourth-order valence-corrected chi connectivity index (χ4v) is 4.60. The Hall–Kier alpha value is -3.29. The predicted octanol–water partition coefficient (Wildman–Crippen LogP) is 2.08. The van der Waals surface area contributed by atoms with Gasteiger partial charge in [0.15, 0.2) is 0 Å². The third kappa shape index (κ3) is 2.87. The first-order valence-electron chi connectivity index (χ1n) is 9.97. The molecule has 0 unspecified atom stereocenters. The number of benzene rings is 1. The van der Waals surface area contributed by atoms with Crippen LogP contribution in [0.3, 0.4) is 0 Å².